The van der Waals surface area contributed by atoms with Crippen LogP contribution in [-0.2, 0) is 27.7 Å². The normalized spacial score (nSPS) is 25.3. The van der Waals surface area contributed by atoms with Gasteiger partial charge in [-0.3, -0.25) is 14.6 Å². The second-order valence-corrected chi connectivity index (χ2v) is 12.4. The second-order valence-electron chi connectivity index (χ2n) is 10.1. The first-order valence-electron chi connectivity index (χ1n) is 11.3. The van der Waals surface area contributed by atoms with Gasteiger partial charge in [-0.15, -0.1) is 0 Å². The minimum absolute atomic E-state index is 0.00186. The average molecular weight is 508 g/mol. The van der Waals surface area contributed by atoms with Gasteiger partial charge in [-0.25, -0.2) is 13.1 Å². The molecule has 2 N–H and O–H groups in total. The van der Waals surface area contributed by atoms with Crippen molar-refractivity contribution in [3.05, 3.63) is 45.6 Å². The van der Waals surface area contributed by atoms with E-state index in [-0.39, 0.29) is 29.0 Å². The van der Waals surface area contributed by atoms with Gasteiger partial charge >= 0.3 is 0 Å². The molecule has 2 bridgehead atoms. The number of fused-ring (bicyclic) bond motifs is 2. The second kappa shape index (κ2) is 8.96. The summed E-state index contributed by atoms with van der Waals surface area (Å²) < 4.78 is 24.8. The Morgan fingerprint density at radius 1 is 1.29 bits per heavy atom. The standard InChI is InChI=1S/C23H30ClN5O4S/c1-13-16-7-15(23(16,2)3)8-17(13)28-18-10-27-29(22(31)21(18)24)12-20(30)26-9-14-5-6-25-11-19(14)34(4,32)33/h5-6,10-11,13,15-17,28H,7-9,12H2,1-4H3,(H,26,30)/t13-,15-,16+,17-/m1/s1. The number of carbonyl (C=O) groups is 1. The summed E-state index contributed by atoms with van der Waals surface area (Å²) in [6, 6.07) is 1.74. The van der Waals surface area contributed by atoms with E-state index in [2.05, 4.69) is 41.5 Å². The predicted octanol–water partition coefficient (Wildman–Crippen LogP) is 2.49. The SMILES string of the molecule is C[C@H]1[C@H](Nc2cnn(CC(=O)NCc3ccncc3S(C)(=O)=O)c(=O)c2Cl)C[C@H]2C[C@@H]1C2(C)C. The van der Waals surface area contributed by atoms with Crippen molar-refractivity contribution in [2.75, 3.05) is 11.6 Å². The van der Waals surface area contributed by atoms with E-state index in [1.54, 1.807) is 0 Å². The summed E-state index contributed by atoms with van der Waals surface area (Å²) in [7, 11) is -3.49. The highest BCUT2D eigenvalue weighted by Crippen LogP contribution is 2.61. The quantitative estimate of drug-likeness (QED) is 0.590. The largest absolute Gasteiger partial charge is 0.379 e. The Hall–Kier alpha value is -2.46. The minimum atomic E-state index is -3.49. The van der Waals surface area contributed by atoms with Crippen LogP contribution in [0.2, 0.25) is 5.02 Å². The monoisotopic (exact) mass is 507 g/mol. The molecule has 3 fully saturated rings. The number of nitrogens with one attached hydrogen (secondary N) is 2. The van der Waals surface area contributed by atoms with Gasteiger partial charge in [0.2, 0.25) is 5.91 Å². The third-order valence-corrected chi connectivity index (χ3v) is 9.25. The van der Waals surface area contributed by atoms with Crippen molar-refractivity contribution >= 4 is 33.0 Å². The number of carbonyl (C=O) groups excluding carboxylic acids is 1. The molecule has 0 unspecified atom stereocenters. The van der Waals surface area contributed by atoms with Crippen LogP contribution in [0.25, 0.3) is 0 Å². The van der Waals surface area contributed by atoms with Gasteiger partial charge < -0.3 is 10.6 Å². The molecular formula is C23H30ClN5O4S. The van der Waals surface area contributed by atoms with E-state index in [1.165, 1.54) is 31.1 Å². The Balaban J connectivity index is 1.40. The zero-order chi connectivity index (χ0) is 24.8. The lowest BCUT2D eigenvalue weighted by Gasteiger charge is -2.62. The van der Waals surface area contributed by atoms with Gasteiger partial charge in [0.1, 0.15) is 11.6 Å². The van der Waals surface area contributed by atoms with Gasteiger partial charge in [-0.2, -0.15) is 5.10 Å². The molecule has 184 valence electrons. The van der Waals surface area contributed by atoms with E-state index < -0.39 is 21.3 Å². The molecule has 0 aromatic carbocycles. The van der Waals surface area contributed by atoms with Crippen molar-refractivity contribution in [2.24, 2.45) is 23.2 Å². The summed E-state index contributed by atoms with van der Waals surface area (Å²) in [6.07, 6.45) is 7.53. The van der Waals surface area contributed by atoms with Crippen LogP contribution < -0.4 is 16.2 Å². The van der Waals surface area contributed by atoms with Crippen LogP contribution in [0.5, 0.6) is 0 Å². The van der Waals surface area contributed by atoms with E-state index in [0.717, 1.165) is 17.4 Å². The van der Waals surface area contributed by atoms with Crippen LogP contribution in [0.1, 0.15) is 39.2 Å². The molecule has 1 amide bonds. The van der Waals surface area contributed by atoms with E-state index in [1.807, 2.05) is 0 Å². The first kappa shape index (κ1) is 24.7. The Labute approximate surface area is 204 Å². The van der Waals surface area contributed by atoms with Gasteiger partial charge in [0.25, 0.3) is 5.56 Å². The van der Waals surface area contributed by atoms with Gasteiger partial charge in [0, 0.05) is 31.2 Å². The lowest BCUT2D eigenvalue weighted by atomic mass is 9.45. The molecule has 2 aromatic heterocycles. The highest BCUT2D eigenvalue weighted by molar-refractivity contribution is 7.90. The molecule has 11 heteroatoms. The molecule has 3 saturated carbocycles. The molecule has 2 aromatic rings. The minimum Gasteiger partial charge on any atom is -0.379 e. The maximum Gasteiger partial charge on any atom is 0.288 e. The maximum atomic E-state index is 12.7. The molecule has 0 radical (unpaired) electrons. The molecule has 3 aliphatic rings. The number of halogens is 1. The van der Waals surface area contributed by atoms with Crippen LogP contribution in [0, 0.1) is 23.2 Å². The molecule has 34 heavy (non-hydrogen) atoms. The summed E-state index contributed by atoms with van der Waals surface area (Å²) >= 11 is 6.36. The number of rotatable bonds is 7. The number of nitrogens with zero attached hydrogens (tertiary/aromatic N) is 3. The van der Waals surface area contributed by atoms with E-state index in [9.17, 15) is 18.0 Å². The molecule has 0 saturated heterocycles. The average Bonchev–Trinajstić information content (AvgIpc) is 2.77. The number of anilines is 1. The fourth-order valence-corrected chi connectivity index (χ4v) is 6.56. The van der Waals surface area contributed by atoms with Gasteiger partial charge in [-0.05, 0) is 47.6 Å². The predicted molar refractivity (Wildman–Crippen MR) is 129 cm³/mol. The van der Waals surface area contributed by atoms with Gasteiger partial charge in [-0.1, -0.05) is 32.4 Å². The van der Waals surface area contributed by atoms with E-state index in [4.69, 9.17) is 11.6 Å². The van der Waals surface area contributed by atoms with E-state index in [0.29, 0.717) is 34.4 Å². The highest BCUT2D eigenvalue weighted by Gasteiger charge is 2.56. The van der Waals surface area contributed by atoms with E-state index >= 15 is 0 Å². The number of hydrogen-bond acceptors (Lipinski definition) is 7. The van der Waals surface area contributed by atoms with Crippen molar-refractivity contribution in [3.8, 4) is 0 Å². The third kappa shape index (κ3) is 4.57. The summed E-state index contributed by atoms with van der Waals surface area (Å²) in [6.45, 7) is 6.54. The summed E-state index contributed by atoms with van der Waals surface area (Å²) in [5, 5.41) is 10.2. The lowest BCUT2D eigenvalue weighted by Crippen LogP contribution is -2.58. The molecule has 0 aliphatic heterocycles. The number of pyridine rings is 1. The number of hydrogen-bond donors (Lipinski definition) is 2. The van der Waals surface area contributed by atoms with Crippen molar-refractivity contribution in [2.45, 2.75) is 57.6 Å². The van der Waals surface area contributed by atoms with Gasteiger partial charge in [0.15, 0.2) is 9.84 Å². The van der Waals surface area contributed by atoms with Crippen LogP contribution >= 0.6 is 11.6 Å². The Morgan fingerprint density at radius 3 is 2.68 bits per heavy atom. The summed E-state index contributed by atoms with van der Waals surface area (Å²) in [5.41, 5.74) is 0.686. The van der Waals surface area contributed by atoms with Crippen LogP contribution in [-0.4, -0.2) is 41.4 Å². The topological polar surface area (TPSA) is 123 Å². The number of aromatic nitrogens is 3. The Morgan fingerprint density at radius 2 is 2.03 bits per heavy atom. The van der Waals surface area contributed by atoms with Crippen molar-refractivity contribution in [1.82, 2.24) is 20.1 Å². The van der Waals surface area contributed by atoms with Crippen molar-refractivity contribution in [3.63, 3.8) is 0 Å². The number of sulfone groups is 1. The zero-order valence-corrected chi connectivity index (χ0v) is 21.3. The smallest absolute Gasteiger partial charge is 0.288 e. The molecule has 5 rings (SSSR count). The lowest BCUT2D eigenvalue weighted by molar-refractivity contribution is -0.122. The first-order chi connectivity index (χ1) is 15.9. The van der Waals surface area contributed by atoms with Crippen molar-refractivity contribution in [1.29, 1.82) is 0 Å². The highest BCUT2D eigenvalue weighted by atomic mass is 35.5. The summed E-state index contributed by atoms with van der Waals surface area (Å²) in [4.78, 5) is 29.0. The zero-order valence-electron chi connectivity index (χ0n) is 19.7. The van der Waals surface area contributed by atoms with Crippen molar-refractivity contribution < 1.29 is 13.2 Å². The summed E-state index contributed by atoms with van der Waals surface area (Å²) in [5.74, 6) is 1.26. The molecule has 9 nitrogen and oxygen atoms in total. The Kier molecular flexibility index (Phi) is 6.50. The first-order valence-corrected chi connectivity index (χ1v) is 13.6. The van der Waals surface area contributed by atoms with Gasteiger partial charge in [0.05, 0.1) is 16.8 Å². The fourth-order valence-electron chi connectivity index (χ4n) is 5.49. The molecule has 2 heterocycles. The number of amides is 1. The van der Waals surface area contributed by atoms with Crippen LogP contribution in [0.4, 0.5) is 5.69 Å². The molecular weight excluding hydrogens is 478 g/mol. The Bertz CT molecular complexity index is 1280. The molecule has 0 spiro atoms. The molecule has 4 atom stereocenters. The van der Waals surface area contributed by atoms with Crippen LogP contribution in [0.15, 0.2) is 34.3 Å². The fraction of sp³-hybridized carbons (Fsp3) is 0.565. The molecule has 3 aliphatic carbocycles. The third-order valence-electron chi connectivity index (χ3n) is 7.72. The maximum absolute atomic E-state index is 12.7. The van der Waals surface area contributed by atoms with Crippen LogP contribution in [0.3, 0.4) is 0 Å².